The summed E-state index contributed by atoms with van der Waals surface area (Å²) in [6.07, 6.45) is 0. The van der Waals surface area contributed by atoms with Crippen LogP contribution in [0.3, 0.4) is 0 Å². The first-order valence-corrected chi connectivity index (χ1v) is 8.05. The fraction of sp³-hybridized carbons (Fsp3) is 0. The number of hydrogen-bond acceptors (Lipinski definition) is 3. The van der Waals surface area contributed by atoms with E-state index in [1.807, 2.05) is 18.2 Å². The summed E-state index contributed by atoms with van der Waals surface area (Å²) in [5, 5.41) is 7.52. The SMILES string of the molecule is O=S(=O)(Nc1n[nH]c2ccccc12)c1ccc(Br)cc1. The number of nitrogens with zero attached hydrogens (tertiary/aromatic N) is 1. The van der Waals surface area contributed by atoms with E-state index >= 15 is 0 Å². The Morgan fingerprint density at radius 2 is 1.75 bits per heavy atom. The molecule has 3 rings (SSSR count). The summed E-state index contributed by atoms with van der Waals surface area (Å²) in [6, 6.07) is 13.7. The number of para-hydroxylation sites is 1. The second kappa shape index (κ2) is 4.92. The number of sulfonamides is 1. The predicted octanol–water partition coefficient (Wildman–Crippen LogP) is 3.13. The average Bonchev–Trinajstić information content (AvgIpc) is 2.82. The van der Waals surface area contributed by atoms with Crippen LogP contribution < -0.4 is 4.72 Å². The van der Waals surface area contributed by atoms with Gasteiger partial charge in [0.15, 0.2) is 5.82 Å². The van der Waals surface area contributed by atoms with Crippen LogP contribution in [0.1, 0.15) is 0 Å². The minimum absolute atomic E-state index is 0.188. The van der Waals surface area contributed by atoms with Gasteiger partial charge >= 0.3 is 0 Å². The Bertz CT molecular complexity index is 857. The van der Waals surface area contributed by atoms with Gasteiger partial charge in [-0.25, -0.2) is 8.42 Å². The van der Waals surface area contributed by atoms with Crippen molar-refractivity contribution < 1.29 is 8.42 Å². The maximum atomic E-state index is 12.3. The number of aromatic amines is 1. The lowest BCUT2D eigenvalue weighted by atomic mass is 10.2. The van der Waals surface area contributed by atoms with E-state index in [-0.39, 0.29) is 4.90 Å². The van der Waals surface area contributed by atoms with Crippen molar-refractivity contribution in [1.29, 1.82) is 0 Å². The molecule has 1 aromatic heterocycles. The molecule has 1 heterocycles. The molecule has 2 N–H and O–H groups in total. The monoisotopic (exact) mass is 351 g/mol. The number of hydrogen-bond donors (Lipinski definition) is 2. The third kappa shape index (κ3) is 2.41. The molecule has 0 amide bonds. The number of rotatable bonds is 3. The van der Waals surface area contributed by atoms with Crippen LogP contribution >= 0.6 is 15.9 Å². The summed E-state index contributed by atoms with van der Waals surface area (Å²) in [6.45, 7) is 0. The Morgan fingerprint density at radius 1 is 1.05 bits per heavy atom. The van der Waals surface area contributed by atoms with Gasteiger partial charge < -0.3 is 0 Å². The normalized spacial score (nSPS) is 11.7. The highest BCUT2D eigenvalue weighted by atomic mass is 79.9. The molecule has 0 saturated carbocycles. The molecule has 0 unspecified atom stereocenters. The van der Waals surface area contributed by atoms with Gasteiger partial charge in [0.2, 0.25) is 0 Å². The Kier molecular flexibility index (Phi) is 3.23. The molecule has 3 aromatic rings. The van der Waals surface area contributed by atoms with Gasteiger partial charge in [0, 0.05) is 9.86 Å². The largest absolute Gasteiger partial charge is 0.276 e. The van der Waals surface area contributed by atoms with Crippen LogP contribution in [0.25, 0.3) is 10.9 Å². The first-order valence-electron chi connectivity index (χ1n) is 5.78. The van der Waals surface area contributed by atoms with E-state index in [1.54, 1.807) is 18.2 Å². The molecule has 5 nitrogen and oxygen atoms in total. The van der Waals surface area contributed by atoms with Crippen molar-refractivity contribution in [3.8, 4) is 0 Å². The van der Waals surface area contributed by atoms with E-state index in [4.69, 9.17) is 0 Å². The number of nitrogens with one attached hydrogen (secondary N) is 2. The van der Waals surface area contributed by atoms with Gasteiger partial charge in [0.25, 0.3) is 10.0 Å². The van der Waals surface area contributed by atoms with Crippen molar-refractivity contribution in [1.82, 2.24) is 10.2 Å². The Morgan fingerprint density at radius 3 is 2.50 bits per heavy atom. The summed E-state index contributed by atoms with van der Waals surface area (Å²) >= 11 is 3.27. The zero-order valence-electron chi connectivity index (χ0n) is 10.2. The molecule has 0 atom stereocenters. The molecule has 0 aliphatic rings. The van der Waals surface area contributed by atoms with Gasteiger partial charge in [0.05, 0.1) is 10.4 Å². The minimum atomic E-state index is -3.64. The Balaban J connectivity index is 1.99. The number of aromatic nitrogens is 2. The second-order valence-electron chi connectivity index (χ2n) is 4.18. The zero-order chi connectivity index (χ0) is 14.2. The molecular weight excluding hydrogens is 342 g/mol. The van der Waals surface area contributed by atoms with Crippen LogP contribution in [0.15, 0.2) is 57.9 Å². The van der Waals surface area contributed by atoms with E-state index in [9.17, 15) is 8.42 Å². The topological polar surface area (TPSA) is 74.8 Å². The quantitative estimate of drug-likeness (QED) is 0.761. The minimum Gasteiger partial charge on any atom is -0.276 e. The molecule has 102 valence electrons. The van der Waals surface area contributed by atoms with Gasteiger partial charge in [-0.1, -0.05) is 28.1 Å². The van der Waals surface area contributed by atoms with Crippen molar-refractivity contribution in [2.45, 2.75) is 4.90 Å². The lowest BCUT2D eigenvalue weighted by Crippen LogP contribution is -2.13. The number of fused-ring (bicyclic) bond motifs is 1. The molecule has 20 heavy (non-hydrogen) atoms. The van der Waals surface area contributed by atoms with E-state index in [0.29, 0.717) is 5.82 Å². The van der Waals surface area contributed by atoms with Crippen molar-refractivity contribution in [3.63, 3.8) is 0 Å². The maximum Gasteiger partial charge on any atom is 0.263 e. The van der Waals surface area contributed by atoms with Gasteiger partial charge in [-0.15, -0.1) is 0 Å². The predicted molar refractivity (Wildman–Crippen MR) is 81.0 cm³/mol. The zero-order valence-corrected chi connectivity index (χ0v) is 12.6. The van der Waals surface area contributed by atoms with Crippen molar-refractivity contribution in [3.05, 3.63) is 53.0 Å². The summed E-state index contributed by atoms with van der Waals surface area (Å²) in [5.74, 6) is 0.295. The molecule has 2 aromatic carbocycles. The summed E-state index contributed by atoms with van der Waals surface area (Å²) < 4.78 is 27.9. The number of H-pyrrole nitrogens is 1. The number of benzene rings is 2. The maximum absolute atomic E-state index is 12.3. The lowest BCUT2D eigenvalue weighted by molar-refractivity contribution is 0.601. The lowest BCUT2D eigenvalue weighted by Gasteiger charge is -2.05. The van der Waals surface area contributed by atoms with Crippen LogP contribution in [-0.2, 0) is 10.0 Å². The number of anilines is 1. The first-order chi connectivity index (χ1) is 9.56. The van der Waals surface area contributed by atoms with Crippen molar-refractivity contribution >= 4 is 42.7 Å². The molecule has 0 spiro atoms. The van der Waals surface area contributed by atoms with Gasteiger partial charge in [-0.3, -0.25) is 9.82 Å². The molecule has 0 saturated heterocycles. The van der Waals surface area contributed by atoms with Gasteiger partial charge in [0.1, 0.15) is 0 Å². The van der Waals surface area contributed by atoms with Gasteiger partial charge in [-0.2, -0.15) is 5.10 Å². The Hall–Kier alpha value is -1.86. The first kappa shape index (κ1) is 13.1. The molecular formula is C13H10BrN3O2S. The van der Waals surface area contributed by atoms with Crippen LogP contribution in [-0.4, -0.2) is 18.6 Å². The summed E-state index contributed by atoms with van der Waals surface area (Å²) in [4.78, 5) is 0.188. The van der Waals surface area contributed by atoms with E-state index < -0.39 is 10.0 Å². The average molecular weight is 352 g/mol. The molecule has 0 bridgehead atoms. The molecule has 0 radical (unpaired) electrons. The van der Waals surface area contributed by atoms with Crippen LogP contribution in [0.4, 0.5) is 5.82 Å². The van der Waals surface area contributed by atoms with Crippen LogP contribution in [0, 0.1) is 0 Å². The van der Waals surface area contributed by atoms with E-state index in [1.165, 1.54) is 12.1 Å². The molecule has 7 heteroatoms. The van der Waals surface area contributed by atoms with Crippen molar-refractivity contribution in [2.75, 3.05) is 4.72 Å². The second-order valence-corrected chi connectivity index (χ2v) is 6.78. The third-order valence-electron chi connectivity index (χ3n) is 2.83. The summed E-state index contributed by atoms with van der Waals surface area (Å²) in [7, 11) is -3.64. The van der Waals surface area contributed by atoms with Crippen LogP contribution in [0.5, 0.6) is 0 Å². The fourth-order valence-electron chi connectivity index (χ4n) is 1.84. The van der Waals surface area contributed by atoms with Crippen LogP contribution in [0.2, 0.25) is 0 Å². The standard InChI is InChI=1S/C13H10BrN3O2S/c14-9-5-7-10(8-6-9)20(18,19)17-13-11-3-1-2-4-12(11)15-16-13/h1-8H,(H2,15,16,17). The van der Waals surface area contributed by atoms with E-state index in [0.717, 1.165) is 15.4 Å². The van der Waals surface area contributed by atoms with Gasteiger partial charge in [-0.05, 0) is 36.4 Å². The van der Waals surface area contributed by atoms with Crippen molar-refractivity contribution in [2.24, 2.45) is 0 Å². The molecule has 0 fully saturated rings. The highest BCUT2D eigenvalue weighted by Gasteiger charge is 2.17. The number of halogens is 1. The smallest absolute Gasteiger partial charge is 0.263 e. The third-order valence-corrected chi connectivity index (χ3v) is 4.71. The Labute approximate surface area is 124 Å². The summed E-state index contributed by atoms with van der Waals surface area (Å²) in [5.41, 5.74) is 0.779. The molecule has 0 aliphatic carbocycles. The molecule has 0 aliphatic heterocycles. The highest BCUT2D eigenvalue weighted by Crippen LogP contribution is 2.23. The fourth-order valence-corrected chi connectivity index (χ4v) is 3.13. The highest BCUT2D eigenvalue weighted by molar-refractivity contribution is 9.10. The van der Waals surface area contributed by atoms with E-state index in [2.05, 4.69) is 30.8 Å².